The maximum Gasteiger partial charge on any atom is 0.243 e. The Balaban J connectivity index is 1.95. The van der Waals surface area contributed by atoms with Crippen LogP contribution in [0.5, 0.6) is 5.75 Å². The number of aliphatic hydroxyl groups excluding tert-OH is 1. The van der Waals surface area contributed by atoms with Crippen molar-refractivity contribution in [2.75, 3.05) is 26.7 Å². The van der Waals surface area contributed by atoms with Crippen LogP contribution in [0.15, 0.2) is 53.6 Å². The fourth-order valence-corrected chi connectivity index (χ4v) is 3.65. The Morgan fingerprint density at radius 3 is 2.17 bits per heavy atom. The molecule has 0 aliphatic heterocycles. The lowest BCUT2D eigenvalue weighted by molar-refractivity contribution is -0.139. The zero-order valence-electron chi connectivity index (χ0n) is 22.3. The molecule has 2 aromatic rings. The van der Waals surface area contributed by atoms with E-state index >= 15 is 0 Å². The van der Waals surface area contributed by atoms with Crippen LogP contribution in [-0.4, -0.2) is 83.6 Å². The molecule has 7 N–H and O–H groups in total. The number of aliphatic hydroxyl groups is 1. The zero-order valence-corrected chi connectivity index (χ0v) is 22.3. The first-order chi connectivity index (χ1) is 19.0. The van der Waals surface area contributed by atoms with E-state index < -0.39 is 48.3 Å². The first-order valence-electron chi connectivity index (χ1n) is 12.5. The normalized spacial score (nSPS) is 12.7. The number of nitrogens with two attached hydrogens (primary N) is 1. The number of rotatable bonds is 14. The van der Waals surface area contributed by atoms with E-state index in [1.165, 1.54) is 31.0 Å². The van der Waals surface area contributed by atoms with Gasteiger partial charge >= 0.3 is 0 Å². The van der Waals surface area contributed by atoms with Gasteiger partial charge in [-0.15, -0.1) is 0 Å². The summed E-state index contributed by atoms with van der Waals surface area (Å²) in [4.78, 5) is 54.5. The fourth-order valence-electron chi connectivity index (χ4n) is 3.65. The minimum absolute atomic E-state index is 0.00395. The predicted molar refractivity (Wildman–Crippen MR) is 146 cm³/mol. The maximum atomic E-state index is 12.9. The van der Waals surface area contributed by atoms with E-state index in [0.29, 0.717) is 11.3 Å². The highest BCUT2D eigenvalue weighted by molar-refractivity contribution is 5.93. The minimum atomic E-state index is -0.991. The third-order valence-corrected chi connectivity index (χ3v) is 5.99. The summed E-state index contributed by atoms with van der Waals surface area (Å²) in [5, 5.41) is 29.4. The first kappa shape index (κ1) is 31.6. The summed E-state index contributed by atoms with van der Waals surface area (Å²) in [5.41, 5.74) is 16.3. The number of aromatic hydroxyl groups is 1. The van der Waals surface area contributed by atoms with Crippen LogP contribution in [0.2, 0.25) is 0 Å². The van der Waals surface area contributed by atoms with Crippen LogP contribution in [0.1, 0.15) is 18.1 Å². The minimum Gasteiger partial charge on any atom is -0.508 e. The van der Waals surface area contributed by atoms with Crippen molar-refractivity contribution in [2.45, 2.75) is 37.9 Å². The highest BCUT2D eigenvalue weighted by Crippen LogP contribution is 2.16. The number of carbonyl (C=O) groups excluding carboxylic acids is 4. The van der Waals surface area contributed by atoms with Crippen molar-refractivity contribution in [3.63, 3.8) is 0 Å². The van der Waals surface area contributed by atoms with Gasteiger partial charge in [-0.2, -0.15) is 0 Å². The summed E-state index contributed by atoms with van der Waals surface area (Å²) in [6.45, 7) is 0.722. The molecule has 3 atom stereocenters. The van der Waals surface area contributed by atoms with E-state index in [0.717, 1.165) is 5.56 Å². The van der Waals surface area contributed by atoms with E-state index in [1.54, 1.807) is 36.4 Å². The molecule has 0 spiro atoms. The van der Waals surface area contributed by atoms with Gasteiger partial charge < -0.3 is 36.8 Å². The van der Waals surface area contributed by atoms with Crippen LogP contribution in [-0.2, 0) is 32.0 Å². The molecule has 0 fully saturated rings. The molecule has 0 saturated carbocycles. The molecule has 0 saturated heterocycles. The first-order valence-corrected chi connectivity index (χ1v) is 12.5. The maximum absolute atomic E-state index is 12.9. The number of azide groups is 1. The number of phenolic OH excluding ortho intramolecular Hbond substituents is 1. The van der Waals surface area contributed by atoms with Gasteiger partial charge in [-0.05, 0) is 42.1 Å². The molecule has 0 radical (unpaired) electrons. The number of carbonyl (C=O) groups is 4. The van der Waals surface area contributed by atoms with Gasteiger partial charge in [-0.3, -0.25) is 19.2 Å². The van der Waals surface area contributed by atoms with Gasteiger partial charge in [0, 0.05) is 30.6 Å². The van der Waals surface area contributed by atoms with E-state index in [1.807, 2.05) is 0 Å². The zero-order chi connectivity index (χ0) is 29.7. The molecule has 14 nitrogen and oxygen atoms in total. The van der Waals surface area contributed by atoms with Gasteiger partial charge in [0.25, 0.3) is 0 Å². The molecule has 4 amide bonds. The Hall–Kier alpha value is -4.65. The molecule has 2 rings (SSSR count). The van der Waals surface area contributed by atoms with Crippen molar-refractivity contribution in [3.8, 4) is 5.75 Å². The van der Waals surface area contributed by atoms with E-state index in [9.17, 15) is 24.3 Å². The van der Waals surface area contributed by atoms with Gasteiger partial charge in [0.1, 0.15) is 17.8 Å². The Labute approximate surface area is 231 Å². The number of phenols is 1. The second-order valence-electron chi connectivity index (χ2n) is 9.02. The third-order valence-electron chi connectivity index (χ3n) is 5.99. The second kappa shape index (κ2) is 15.7. The van der Waals surface area contributed by atoms with Crippen molar-refractivity contribution >= 4 is 29.3 Å². The molecule has 0 aromatic heterocycles. The number of hydrogen-bond acceptors (Lipinski definition) is 8. The average molecular weight is 555 g/mol. The molecular weight excluding hydrogens is 520 g/mol. The molecule has 0 bridgehead atoms. The molecule has 0 aliphatic rings. The topological polar surface area (TPSA) is 223 Å². The highest BCUT2D eigenvalue weighted by atomic mass is 16.3. The Morgan fingerprint density at radius 1 is 0.975 bits per heavy atom. The predicted octanol–water partition coefficient (Wildman–Crippen LogP) is 0.00290. The molecule has 2 aromatic carbocycles. The fraction of sp³-hybridized carbons (Fsp3) is 0.385. The summed E-state index contributed by atoms with van der Waals surface area (Å²) >= 11 is 0. The highest BCUT2D eigenvalue weighted by Gasteiger charge is 2.28. The monoisotopic (exact) mass is 554 g/mol. The van der Waals surface area contributed by atoms with E-state index in [2.05, 4.69) is 26.0 Å². The van der Waals surface area contributed by atoms with Gasteiger partial charge in [-0.1, -0.05) is 41.5 Å². The van der Waals surface area contributed by atoms with Crippen molar-refractivity contribution in [3.05, 3.63) is 70.1 Å². The lowest BCUT2D eigenvalue weighted by atomic mass is 10.0. The lowest BCUT2D eigenvalue weighted by Crippen LogP contribution is -2.54. The second-order valence-corrected chi connectivity index (χ2v) is 9.02. The van der Waals surface area contributed by atoms with Crippen LogP contribution in [0.3, 0.4) is 0 Å². The summed E-state index contributed by atoms with van der Waals surface area (Å²) in [6.07, 6.45) is 0.313. The largest absolute Gasteiger partial charge is 0.508 e. The molecule has 0 unspecified atom stereocenters. The molecule has 40 heavy (non-hydrogen) atoms. The quantitative estimate of drug-likeness (QED) is 0.106. The van der Waals surface area contributed by atoms with Gasteiger partial charge in [-0.25, -0.2) is 0 Å². The molecule has 0 heterocycles. The lowest BCUT2D eigenvalue weighted by Gasteiger charge is -2.28. The van der Waals surface area contributed by atoms with Gasteiger partial charge in [0.15, 0.2) is 0 Å². The number of nitrogens with one attached hydrogen (secondary N) is 3. The van der Waals surface area contributed by atoms with Crippen LogP contribution < -0.4 is 21.7 Å². The average Bonchev–Trinajstić information content (AvgIpc) is 2.94. The van der Waals surface area contributed by atoms with E-state index in [4.69, 9.17) is 16.4 Å². The molecule has 0 aliphatic carbocycles. The smallest absolute Gasteiger partial charge is 0.243 e. The standard InChI is InChI=1S/C26H34N8O6/c1-16(31-25(39)21(27)13-17-5-9-20(36)10-6-17)24(38)30-15-23(37)34(2)22(26(40)29-11-12-35)14-18-3-7-19(8-4-18)32-33-28/h3-10,16,21-22,35-36H,11-15,27H2,1-2H3,(H,29,40)(H,30,38)(H,31,39)/t16-,21+,22+/m1/s1. The third kappa shape index (κ3) is 9.91. The van der Waals surface area contributed by atoms with Crippen LogP contribution in [0.4, 0.5) is 5.69 Å². The van der Waals surface area contributed by atoms with Crippen LogP contribution >= 0.6 is 0 Å². The molecule has 14 heteroatoms. The van der Waals surface area contributed by atoms with Crippen molar-refractivity contribution < 1.29 is 29.4 Å². The van der Waals surface area contributed by atoms with Crippen molar-refractivity contribution in [1.82, 2.24) is 20.9 Å². The van der Waals surface area contributed by atoms with Gasteiger partial charge in [0.05, 0.1) is 19.2 Å². The van der Waals surface area contributed by atoms with Crippen LogP contribution in [0, 0.1) is 0 Å². The number of amides is 4. The number of benzene rings is 2. The number of nitrogens with zero attached hydrogens (tertiary/aromatic N) is 4. The van der Waals surface area contributed by atoms with Crippen LogP contribution in [0.25, 0.3) is 10.4 Å². The SMILES string of the molecule is C[C@@H](NC(=O)[C@@H](N)Cc1ccc(O)cc1)C(=O)NCC(=O)N(C)[C@@H](Cc1ccc(N=[N+]=[N-])cc1)C(=O)NCCO. The summed E-state index contributed by atoms with van der Waals surface area (Å²) in [5.74, 6) is -2.16. The Kier molecular flexibility index (Phi) is 12.4. The molecular formula is C26H34N8O6. The van der Waals surface area contributed by atoms with Gasteiger partial charge in [0.2, 0.25) is 23.6 Å². The number of likely N-dealkylation sites (N-methyl/N-ethyl adjacent to an activating group) is 1. The van der Waals surface area contributed by atoms with Crippen molar-refractivity contribution in [1.29, 1.82) is 0 Å². The Bertz CT molecular complexity index is 1210. The Morgan fingerprint density at radius 2 is 1.57 bits per heavy atom. The van der Waals surface area contributed by atoms with E-state index in [-0.39, 0.29) is 31.7 Å². The summed E-state index contributed by atoms with van der Waals surface area (Å²) in [7, 11) is 1.42. The molecule has 214 valence electrons. The summed E-state index contributed by atoms with van der Waals surface area (Å²) in [6, 6.07) is 9.81. The van der Waals surface area contributed by atoms with Crippen molar-refractivity contribution in [2.24, 2.45) is 10.8 Å². The summed E-state index contributed by atoms with van der Waals surface area (Å²) < 4.78 is 0. The number of hydrogen-bond donors (Lipinski definition) is 6.